The first kappa shape index (κ1) is 23.2. The van der Waals surface area contributed by atoms with Crippen LogP contribution < -0.4 is 0 Å². The molecule has 6 nitrogen and oxygen atoms in total. The van der Waals surface area contributed by atoms with Crippen LogP contribution in [-0.4, -0.2) is 56.2 Å². The maximum atomic E-state index is 12.7. The quantitative estimate of drug-likeness (QED) is 0.453. The van der Waals surface area contributed by atoms with Crippen molar-refractivity contribution in [1.29, 1.82) is 0 Å². The Hall–Kier alpha value is 0.247. The third-order valence-corrected chi connectivity index (χ3v) is 11.1. The van der Waals surface area contributed by atoms with Gasteiger partial charge in [-0.1, -0.05) is 20.8 Å². The Labute approximate surface area is 142 Å². The van der Waals surface area contributed by atoms with Crippen LogP contribution in [0.5, 0.6) is 0 Å². The van der Waals surface area contributed by atoms with Gasteiger partial charge in [-0.3, -0.25) is 4.57 Å². The molecule has 0 rings (SSSR count). The van der Waals surface area contributed by atoms with Gasteiger partial charge in [0.2, 0.25) is 0 Å². The summed E-state index contributed by atoms with van der Waals surface area (Å²) in [7, 11) is -5.61. The van der Waals surface area contributed by atoms with Gasteiger partial charge in [-0.05, 0) is 38.9 Å². The van der Waals surface area contributed by atoms with Gasteiger partial charge in [-0.2, -0.15) is 0 Å². The molecule has 0 amide bonds. The van der Waals surface area contributed by atoms with E-state index in [4.69, 9.17) is 13.5 Å². The second kappa shape index (κ2) is 8.56. The molecule has 0 fully saturated rings. The van der Waals surface area contributed by atoms with E-state index in [-0.39, 0.29) is 31.0 Å². The number of rotatable bonds is 10. The second-order valence-corrected chi connectivity index (χ2v) is 14.3. The Morgan fingerprint density at radius 3 is 1.87 bits per heavy atom. The van der Waals surface area contributed by atoms with Gasteiger partial charge in [0, 0.05) is 0 Å². The van der Waals surface area contributed by atoms with E-state index < -0.39 is 27.6 Å². The smallest absolute Gasteiger partial charge is 0.333 e. The van der Waals surface area contributed by atoms with Crippen LogP contribution >= 0.6 is 7.60 Å². The molecular formula is C15H35O6PSi. The highest BCUT2D eigenvalue weighted by atomic mass is 31.2. The molecule has 0 aromatic carbocycles. The summed E-state index contributed by atoms with van der Waals surface area (Å²) in [5, 5.41) is 20.8. The van der Waals surface area contributed by atoms with Crippen LogP contribution in [0.1, 0.15) is 41.5 Å². The highest BCUT2D eigenvalue weighted by Crippen LogP contribution is 2.51. The van der Waals surface area contributed by atoms with Crippen molar-refractivity contribution >= 4 is 15.9 Å². The van der Waals surface area contributed by atoms with Crippen LogP contribution in [0.25, 0.3) is 0 Å². The first-order valence-corrected chi connectivity index (χ1v) is 12.8. The molecule has 0 aliphatic heterocycles. The van der Waals surface area contributed by atoms with E-state index in [0.717, 1.165) is 0 Å². The van der Waals surface area contributed by atoms with E-state index in [1.807, 2.05) is 0 Å². The maximum absolute atomic E-state index is 12.7. The molecular weight excluding hydrogens is 335 g/mol. The van der Waals surface area contributed by atoms with Crippen LogP contribution in [0.2, 0.25) is 18.1 Å². The summed E-state index contributed by atoms with van der Waals surface area (Å²) >= 11 is 0. The van der Waals surface area contributed by atoms with Crippen molar-refractivity contribution in [3.63, 3.8) is 0 Å². The Morgan fingerprint density at radius 2 is 1.57 bits per heavy atom. The lowest BCUT2D eigenvalue weighted by atomic mass is 10.0. The fraction of sp³-hybridized carbons (Fsp3) is 1.00. The van der Waals surface area contributed by atoms with E-state index in [1.54, 1.807) is 13.8 Å². The lowest BCUT2D eigenvalue weighted by molar-refractivity contribution is -0.0811. The molecule has 23 heavy (non-hydrogen) atoms. The summed E-state index contributed by atoms with van der Waals surface area (Å²) in [6.45, 7) is 15.6. The fourth-order valence-corrected chi connectivity index (χ4v) is 4.79. The van der Waals surface area contributed by atoms with Crippen molar-refractivity contribution in [2.75, 3.05) is 26.0 Å². The van der Waals surface area contributed by atoms with E-state index in [0.29, 0.717) is 0 Å². The lowest BCUT2D eigenvalue weighted by Gasteiger charge is -2.40. The zero-order chi connectivity index (χ0) is 18.5. The molecule has 0 saturated heterocycles. The zero-order valence-electron chi connectivity index (χ0n) is 15.9. The summed E-state index contributed by atoms with van der Waals surface area (Å²) in [4.78, 5) is 0. The van der Waals surface area contributed by atoms with Crippen LogP contribution in [0, 0.1) is 0 Å². The normalized spacial score (nSPS) is 17.8. The van der Waals surface area contributed by atoms with Gasteiger partial charge in [0.1, 0.15) is 5.60 Å². The third-order valence-electron chi connectivity index (χ3n) is 4.39. The Balaban J connectivity index is 5.24. The molecule has 140 valence electrons. The molecule has 2 atom stereocenters. The van der Waals surface area contributed by atoms with Crippen LogP contribution in [0.3, 0.4) is 0 Å². The summed E-state index contributed by atoms with van der Waals surface area (Å²) in [6, 6.07) is 0. The van der Waals surface area contributed by atoms with Crippen LogP contribution in [0.4, 0.5) is 0 Å². The molecule has 2 unspecified atom stereocenters. The predicted molar refractivity (Wildman–Crippen MR) is 95.5 cm³/mol. The largest absolute Gasteiger partial charge is 0.414 e. The average molecular weight is 370 g/mol. The van der Waals surface area contributed by atoms with Crippen molar-refractivity contribution in [3.05, 3.63) is 0 Å². The van der Waals surface area contributed by atoms with Gasteiger partial charge in [0.25, 0.3) is 0 Å². The average Bonchev–Trinajstić information content (AvgIpc) is 2.35. The van der Waals surface area contributed by atoms with Crippen molar-refractivity contribution in [2.45, 2.75) is 71.4 Å². The molecule has 0 aromatic rings. The minimum atomic E-state index is -3.49. The van der Waals surface area contributed by atoms with Gasteiger partial charge in [-0.25, -0.2) is 0 Å². The number of hydrogen-bond donors (Lipinski definition) is 2. The summed E-state index contributed by atoms with van der Waals surface area (Å²) in [5.74, 6) is 0. The molecule has 0 aromatic heterocycles. The number of aliphatic hydroxyl groups is 2. The van der Waals surface area contributed by atoms with Crippen molar-refractivity contribution in [2.24, 2.45) is 0 Å². The van der Waals surface area contributed by atoms with E-state index in [2.05, 4.69) is 33.9 Å². The van der Waals surface area contributed by atoms with E-state index >= 15 is 0 Å². The van der Waals surface area contributed by atoms with Gasteiger partial charge in [0.15, 0.2) is 8.32 Å². The molecule has 0 aliphatic carbocycles. The number of hydrogen-bond acceptors (Lipinski definition) is 6. The fourth-order valence-electron chi connectivity index (χ4n) is 1.68. The van der Waals surface area contributed by atoms with Crippen LogP contribution in [-0.2, 0) is 18.0 Å². The SMILES string of the molecule is CCOP(=O)(CC(O)(CO[Si](C)(C)C(C)(C)C)C(C)O)OCC. The Kier molecular flexibility index (Phi) is 8.65. The molecule has 8 heteroatoms. The van der Waals surface area contributed by atoms with Gasteiger partial charge in [0.05, 0.1) is 32.1 Å². The molecule has 2 N–H and O–H groups in total. The monoisotopic (exact) mass is 370 g/mol. The van der Waals surface area contributed by atoms with Crippen molar-refractivity contribution < 1.29 is 28.3 Å². The highest BCUT2D eigenvalue weighted by molar-refractivity contribution is 7.53. The minimum absolute atomic E-state index is 0.0316. The van der Waals surface area contributed by atoms with E-state index in [1.165, 1.54) is 6.92 Å². The first-order chi connectivity index (χ1) is 10.2. The lowest BCUT2D eigenvalue weighted by Crippen LogP contribution is -2.53. The highest BCUT2D eigenvalue weighted by Gasteiger charge is 2.45. The van der Waals surface area contributed by atoms with Crippen molar-refractivity contribution in [1.82, 2.24) is 0 Å². The molecule has 0 radical (unpaired) electrons. The summed E-state index contributed by atoms with van der Waals surface area (Å²) < 4.78 is 29.2. The molecule has 0 spiro atoms. The van der Waals surface area contributed by atoms with Gasteiger partial charge in [-0.15, -0.1) is 0 Å². The Morgan fingerprint density at radius 1 is 1.13 bits per heavy atom. The first-order valence-electron chi connectivity index (χ1n) is 8.15. The predicted octanol–water partition coefficient (Wildman–Crippen LogP) is 3.39. The van der Waals surface area contributed by atoms with E-state index in [9.17, 15) is 14.8 Å². The molecule has 0 heterocycles. The molecule has 0 saturated carbocycles. The molecule has 0 bridgehead atoms. The third kappa shape index (κ3) is 6.94. The summed E-state index contributed by atoms with van der Waals surface area (Å²) in [6.07, 6.45) is -1.42. The van der Waals surface area contributed by atoms with Gasteiger partial charge >= 0.3 is 7.60 Å². The minimum Gasteiger partial charge on any atom is -0.414 e. The molecule has 0 aliphatic rings. The van der Waals surface area contributed by atoms with Crippen LogP contribution in [0.15, 0.2) is 0 Å². The van der Waals surface area contributed by atoms with Gasteiger partial charge < -0.3 is 23.7 Å². The standard InChI is InChI=1S/C15H35O6PSi/c1-9-19-22(18,20-10-2)12-15(17,13(3)16)11-21-23(7,8)14(4,5)6/h13,16-17H,9-12H2,1-8H3. The maximum Gasteiger partial charge on any atom is 0.333 e. The second-order valence-electron chi connectivity index (χ2n) is 7.43. The topological polar surface area (TPSA) is 85.2 Å². The zero-order valence-corrected chi connectivity index (χ0v) is 17.8. The Bertz CT molecular complexity index is 397. The van der Waals surface area contributed by atoms with Crippen molar-refractivity contribution in [3.8, 4) is 0 Å². The summed E-state index contributed by atoms with van der Waals surface area (Å²) in [5.41, 5.74) is -1.69. The number of aliphatic hydroxyl groups excluding tert-OH is 1.